The van der Waals surface area contributed by atoms with E-state index < -0.39 is 0 Å². The fraction of sp³-hybridized carbons (Fsp3) is 0.875. The Morgan fingerprint density at radius 1 is 1.09 bits per heavy atom. The average molecular weight is 314 g/mol. The van der Waals surface area contributed by atoms with Crippen LogP contribution in [0.25, 0.3) is 0 Å². The number of hydrogen-bond donors (Lipinski definition) is 3. The van der Waals surface area contributed by atoms with Crippen LogP contribution < -0.4 is 16.8 Å². The first-order chi connectivity index (χ1) is 10.4. The molecule has 130 valence electrons. The van der Waals surface area contributed by atoms with E-state index in [0.29, 0.717) is 44.4 Å². The van der Waals surface area contributed by atoms with E-state index in [4.69, 9.17) is 11.5 Å². The Morgan fingerprint density at radius 2 is 1.68 bits per heavy atom. The lowest BCUT2D eigenvalue weighted by Gasteiger charge is -2.30. The summed E-state index contributed by atoms with van der Waals surface area (Å²) in [6.45, 7) is 9.79. The second kappa shape index (κ2) is 11.4. The molecule has 0 aromatic rings. The molecule has 0 aliphatic heterocycles. The maximum Gasteiger partial charge on any atom is 0.221 e. The van der Waals surface area contributed by atoms with Gasteiger partial charge in [-0.2, -0.15) is 0 Å². The Balaban J connectivity index is 4.36. The van der Waals surface area contributed by atoms with Crippen molar-refractivity contribution in [3.8, 4) is 0 Å². The molecule has 6 heteroatoms. The van der Waals surface area contributed by atoms with Gasteiger partial charge in [0.25, 0.3) is 0 Å². The third-order valence-corrected chi connectivity index (χ3v) is 4.53. The van der Waals surface area contributed by atoms with Gasteiger partial charge in [-0.05, 0) is 18.4 Å². The highest BCUT2D eigenvalue weighted by Crippen LogP contribution is 2.29. The molecule has 2 amide bonds. The molecule has 0 radical (unpaired) electrons. The highest BCUT2D eigenvalue weighted by atomic mass is 16.2. The molecule has 0 heterocycles. The zero-order valence-electron chi connectivity index (χ0n) is 14.5. The van der Waals surface area contributed by atoms with E-state index in [1.54, 1.807) is 0 Å². The number of carbonyl (C=O) groups excluding carboxylic acids is 2. The summed E-state index contributed by atoms with van der Waals surface area (Å²) in [7, 11) is 0. The van der Waals surface area contributed by atoms with Crippen molar-refractivity contribution in [3.05, 3.63) is 0 Å². The number of nitrogens with one attached hydrogen (secondary N) is 1. The van der Waals surface area contributed by atoms with Crippen molar-refractivity contribution in [1.82, 2.24) is 10.2 Å². The first-order valence-electron chi connectivity index (χ1n) is 8.34. The van der Waals surface area contributed by atoms with Crippen LogP contribution in [-0.2, 0) is 9.59 Å². The summed E-state index contributed by atoms with van der Waals surface area (Å²) in [6.07, 6.45) is 4.07. The lowest BCUT2D eigenvalue weighted by molar-refractivity contribution is -0.121. The van der Waals surface area contributed by atoms with Gasteiger partial charge in [0.15, 0.2) is 0 Å². The third-order valence-electron chi connectivity index (χ3n) is 4.53. The van der Waals surface area contributed by atoms with Crippen LogP contribution in [0.4, 0.5) is 0 Å². The van der Waals surface area contributed by atoms with Crippen molar-refractivity contribution in [1.29, 1.82) is 0 Å². The van der Waals surface area contributed by atoms with Crippen LogP contribution in [0, 0.1) is 5.41 Å². The van der Waals surface area contributed by atoms with Crippen molar-refractivity contribution in [2.75, 3.05) is 32.7 Å². The van der Waals surface area contributed by atoms with Crippen LogP contribution in [0.3, 0.4) is 0 Å². The molecular weight excluding hydrogens is 280 g/mol. The van der Waals surface area contributed by atoms with Gasteiger partial charge in [-0.15, -0.1) is 0 Å². The Labute approximate surface area is 135 Å². The molecule has 0 aliphatic rings. The van der Waals surface area contributed by atoms with Crippen molar-refractivity contribution in [2.45, 2.75) is 52.9 Å². The van der Waals surface area contributed by atoms with E-state index >= 15 is 0 Å². The molecule has 6 nitrogen and oxygen atoms in total. The molecule has 0 atom stereocenters. The first-order valence-corrected chi connectivity index (χ1v) is 8.34. The predicted octanol–water partition coefficient (Wildman–Crippen LogP) is 0.845. The van der Waals surface area contributed by atoms with E-state index in [2.05, 4.69) is 31.0 Å². The summed E-state index contributed by atoms with van der Waals surface area (Å²) in [6, 6.07) is 0. The van der Waals surface area contributed by atoms with E-state index in [1.165, 1.54) is 0 Å². The molecule has 0 rings (SSSR count). The SMILES string of the molecule is CCC(C)(CC)CCN(CCC(N)=O)CCC(=O)NCCN. The summed E-state index contributed by atoms with van der Waals surface area (Å²) in [5.41, 5.74) is 10.9. The Morgan fingerprint density at radius 3 is 2.18 bits per heavy atom. The Kier molecular flexibility index (Phi) is 10.8. The van der Waals surface area contributed by atoms with Gasteiger partial charge < -0.3 is 21.7 Å². The molecule has 5 N–H and O–H groups in total. The average Bonchev–Trinajstić information content (AvgIpc) is 2.51. The minimum atomic E-state index is -0.300. The van der Waals surface area contributed by atoms with Crippen LogP contribution in [0.5, 0.6) is 0 Å². The van der Waals surface area contributed by atoms with Gasteiger partial charge in [0.1, 0.15) is 0 Å². The van der Waals surface area contributed by atoms with E-state index in [9.17, 15) is 9.59 Å². The predicted molar refractivity (Wildman–Crippen MR) is 90.2 cm³/mol. The lowest BCUT2D eigenvalue weighted by atomic mass is 9.81. The second-order valence-corrected chi connectivity index (χ2v) is 6.21. The summed E-state index contributed by atoms with van der Waals surface area (Å²) in [4.78, 5) is 24.8. The van der Waals surface area contributed by atoms with E-state index in [1.807, 2.05) is 0 Å². The smallest absolute Gasteiger partial charge is 0.221 e. The summed E-state index contributed by atoms with van der Waals surface area (Å²) >= 11 is 0. The molecule has 0 fully saturated rings. The second-order valence-electron chi connectivity index (χ2n) is 6.21. The summed E-state index contributed by atoms with van der Waals surface area (Å²) in [5.74, 6) is -0.297. The maximum absolute atomic E-state index is 11.7. The number of nitrogens with two attached hydrogens (primary N) is 2. The van der Waals surface area contributed by atoms with E-state index in [0.717, 1.165) is 25.8 Å². The summed E-state index contributed by atoms with van der Waals surface area (Å²) in [5, 5.41) is 2.77. The Bertz CT molecular complexity index is 330. The third kappa shape index (κ3) is 9.73. The molecule has 0 spiro atoms. The monoisotopic (exact) mass is 314 g/mol. The molecular formula is C16H34N4O2. The van der Waals surface area contributed by atoms with Crippen LogP contribution in [0.1, 0.15) is 52.9 Å². The van der Waals surface area contributed by atoms with Crippen molar-refractivity contribution in [3.63, 3.8) is 0 Å². The highest BCUT2D eigenvalue weighted by Gasteiger charge is 2.21. The maximum atomic E-state index is 11.7. The quantitative estimate of drug-likeness (QED) is 0.469. The number of primary amides is 1. The van der Waals surface area contributed by atoms with Gasteiger partial charge in [-0.25, -0.2) is 0 Å². The summed E-state index contributed by atoms with van der Waals surface area (Å²) < 4.78 is 0. The number of hydrogen-bond acceptors (Lipinski definition) is 4. The van der Waals surface area contributed by atoms with Gasteiger partial charge in [0.05, 0.1) is 0 Å². The molecule has 0 aromatic carbocycles. The zero-order valence-corrected chi connectivity index (χ0v) is 14.5. The number of amides is 2. The normalized spacial score (nSPS) is 11.7. The first kappa shape index (κ1) is 20.9. The van der Waals surface area contributed by atoms with E-state index in [-0.39, 0.29) is 11.8 Å². The van der Waals surface area contributed by atoms with Crippen molar-refractivity contribution >= 4 is 11.8 Å². The van der Waals surface area contributed by atoms with Gasteiger partial charge in [0, 0.05) is 39.0 Å². The standard InChI is InChI=1S/C16H34N4O2/c1-4-16(3,5-2)8-13-20(11-6-14(18)21)12-7-15(22)19-10-9-17/h4-13,17H2,1-3H3,(H2,18,21)(H,19,22). The van der Waals surface area contributed by atoms with Crippen LogP contribution in [-0.4, -0.2) is 49.4 Å². The van der Waals surface area contributed by atoms with Gasteiger partial charge in [-0.3, -0.25) is 9.59 Å². The van der Waals surface area contributed by atoms with Gasteiger partial charge in [0.2, 0.25) is 11.8 Å². The number of nitrogens with zero attached hydrogens (tertiary/aromatic N) is 1. The largest absolute Gasteiger partial charge is 0.370 e. The van der Waals surface area contributed by atoms with Crippen LogP contribution in [0.2, 0.25) is 0 Å². The molecule has 0 aliphatic carbocycles. The molecule has 0 aromatic heterocycles. The lowest BCUT2D eigenvalue weighted by Crippen LogP contribution is -2.36. The number of rotatable bonds is 13. The number of carbonyl (C=O) groups is 2. The zero-order chi connectivity index (χ0) is 17.0. The highest BCUT2D eigenvalue weighted by molar-refractivity contribution is 5.76. The molecule has 0 unspecified atom stereocenters. The molecule has 0 bridgehead atoms. The fourth-order valence-electron chi connectivity index (χ4n) is 2.19. The fourth-order valence-corrected chi connectivity index (χ4v) is 2.19. The molecule has 0 saturated heterocycles. The minimum Gasteiger partial charge on any atom is -0.370 e. The topological polar surface area (TPSA) is 101 Å². The molecule has 0 saturated carbocycles. The molecule has 22 heavy (non-hydrogen) atoms. The van der Waals surface area contributed by atoms with Crippen LogP contribution in [0.15, 0.2) is 0 Å². The van der Waals surface area contributed by atoms with Crippen LogP contribution >= 0.6 is 0 Å². The van der Waals surface area contributed by atoms with Gasteiger partial charge >= 0.3 is 0 Å². The van der Waals surface area contributed by atoms with Crippen molar-refractivity contribution < 1.29 is 9.59 Å². The Hall–Kier alpha value is -1.14. The van der Waals surface area contributed by atoms with Crippen molar-refractivity contribution in [2.24, 2.45) is 16.9 Å². The van der Waals surface area contributed by atoms with Gasteiger partial charge in [-0.1, -0.05) is 33.6 Å². The minimum absolute atomic E-state index is 0.00303.